The second kappa shape index (κ2) is 7.61. The van der Waals surface area contributed by atoms with Gasteiger partial charge >= 0.3 is 5.97 Å². The van der Waals surface area contributed by atoms with Crippen LogP contribution in [-0.2, 0) is 23.8 Å². The Labute approximate surface area is 89.3 Å². The fourth-order valence-electron chi connectivity index (χ4n) is 0.853. The summed E-state index contributed by atoms with van der Waals surface area (Å²) >= 11 is 0. The van der Waals surface area contributed by atoms with Crippen LogP contribution in [0.2, 0.25) is 0 Å². The van der Waals surface area contributed by atoms with Crippen molar-refractivity contribution in [2.45, 2.75) is 19.3 Å². The minimum atomic E-state index is -3.34. The Kier molecular flexibility index (Phi) is 7.27. The van der Waals surface area contributed by atoms with Crippen LogP contribution in [0, 0.1) is 0 Å². The Morgan fingerprint density at radius 3 is 2.33 bits per heavy atom. The average Bonchev–Trinajstić information content (AvgIpc) is 2.07. The zero-order valence-corrected chi connectivity index (χ0v) is 9.46. The monoisotopic (exact) mass is 240 g/mol. The summed E-state index contributed by atoms with van der Waals surface area (Å²) in [6.45, 7) is 0.239. The van der Waals surface area contributed by atoms with Gasteiger partial charge in [0.05, 0.1) is 12.9 Å². The van der Waals surface area contributed by atoms with Gasteiger partial charge < -0.3 is 9.84 Å². The van der Waals surface area contributed by atoms with Gasteiger partial charge in [-0.1, -0.05) is 0 Å². The van der Waals surface area contributed by atoms with Crippen molar-refractivity contribution in [2.24, 2.45) is 0 Å². The highest BCUT2D eigenvalue weighted by atomic mass is 32.2. The number of carboxylic acids is 1. The first-order valence-corrected chi connectivity index (χ1v) is 6.37. The van der Waals surface area contributed by atoms with Crippen molar-refractivity contribution in [1.29, 1.82) is 0 Å². The van der Waals surface area contributed by atoms with E-state index < -0.39 is 16.1 Å². The third kappa shape index (κ3) is 13.3. The molecule has 0 heterocycles. The number of hydrogen-bond donors (Lipinski definition) is 1. The van der Waals surface area contributed by atoms with Crippen molar-refractivity contribution in [3.05, 3.63) is 0 Å². The average molecular weight is 240 g/mol. The predicted molar refractivity (Wildman–Crippen MR) is 53.1 cm³/mol. The van der Waals surface area contributed by atoms with E-state index in [1.54, 1.807) is 0 Å². The quantitative estimate of drug-likeness (QED) is 0.458. The van der Waals surface area contributed by atoms with E-state index in [0.29, 0.717) is 19.4 Å². The van der Waals surface area contributed by atoms with Gasteiger partial charge in [-0.05, 0) is 19.3 Å². The molecule has 6 nitrogen and oxygen atoms in total. The van der Waals surface area contributed by atoms with Crippen molar-refractivity contribution in [3.8, 4) is 0 Å². The predicted octanol–water partition coefficient (Wildman–Crippen LogP) is 0.234. The number of hydrogen-bond acceptors (Lipinski definition) is 5. The van der Waals surface area contributed by atoms with Gasteiger partial charge in [-0.2, -0.15) is 8.42 Å². The number of aliphatic carboxylic acids is 1. The van der Waals surface area contributed by atoms with E-state index in [0.717, 1.165) is 12.7 Å². The van der Waals surface area contributed by atoms with Gasteiger partial charge in [0.2, 0.25) is 0 Å². The lowest BCUT2D eigenvalue weighted by Crippen LogP contribution is -2.08. The molecule has 0 aromatic carbocycles. The van der Waals surface area contributed by atoms with Crippen LogP contribution in [0.1, 0.15) is 19.3 Å². The van der Waals surface area contributed by atoms with Gasteiger partial charge in [0, 0.05) is 6.61 Å². The molecule has 0 aromatic rings. The third-order valence-corrected chi connectivity index (χ3v) is 2.05. The molecule has 0 bridgehead atoms. The summed E-state index contributed by atoms with van der Waals surface area (Å²) in [6, 6.07) is 0. The number of carbonyl (C=O) groups is 1. The number of unbranched alkanes of at least 4 members (excludes halogenated alkanes) is 2. The smallest absolute Gasteiger partial charge is 0.329 e. The molecule has 0 rings (SSSR count). The van der Waals surface area contributed by atoms with E-state index in [2.05, 4.69) is 4.18 Å². The molecule has 15 heavy (non-hydrogen) atoms. The molecule has 0 aliphatic rings. The lowest BCUT2D eigenvalue weighted by Gasteiger charge is -2.02. The van der Waals surface area contributed by atoms with Crippen LogP contribution in [0.5, 0.6) is 0 Å². The molecular formula is C8H16O6S. The largest absolute Gasteiger partial charge is 0.480 e. The first-order chi connectivity index (χ1) is 6.92. The first kappa shape index (κ1) is 14.3. The lowest BCUT2D eigenvalue weighted by atomic mass is 10.2. The highest BCUT2D eigenvalue weighted by Crippen LogP contribution is 1.98. The molecule has 0 aromatic heterocycles. The first-order valence-electron chi connectivity index (χ1n) is 4.56. The maximum atomic E-state index is 10.5. The molecule has 90 valence electrons. The Morgan fingerprint density at radius 1 is 1.20 bits per heavy atom. The van der Waals surface area contributed by atoms with Crippen LogP contribution in [0.4, 0.5) is 0 Å². The Morgan fingerprint density at radius 2 is 1.80 bits per heavy atom. The molecule has 7 heteroatoms. The maximum absolute atomic E-state index is 10.5. The molecule has 0 saturated carbocycles. The van der Waals surface area contributed by atoms with Crippen LogP contribution in [0.15, 0.2) is 0 Å². The number of rotatable bonds is 9. The van der Waals surface area contributed by atoms with Crippen LogP contribution in [0.25, 0.3) is 0 Å². The maximum Gasteiger partial charge on any atom is 0.329 e. The fourth-order valence-corrected chi connectivity index (χ4v) is 1.27. The summed E-state index contributed by atoms with van der Waals surface area (Å²) in [7, 11) is -3.34. The van der Waals surface area contributed by atoms with Crippen molar-refractivity contribution >= 4 is 16.1 Å². The van der Waals surface area contributed by atoms with Crippen molar-refractivity contribution in [3.63, 3.8) is 0 Å². The molecule has 0 radical (unpaired) electrons. The van der Waals surface area contributed by atoms with Gasteiger partial charge in [0.15, 0.2) is 0 Å². The summed E-state index contributed by atoms with van der Waals surface area (Å²) in [6.07, 6.45) is 3.06. The van der Waals surface area contributed by atoms with Gasteiger partial charge in [0.1, 0.15) is 6.61 Å². The van der Waals surface area contributed by atoms with E-state index in [-0.39, 0.29) is 13.2 Å². The van der Waals surface area contributed by atoms with Gasteiger partial charge in [-0.25, -0.2) is 4.79 Å². The Hall–Kier alpha value is -0.660. The summed E-state index contributed by atoms with van der Waals surface area (Å²) in [5.41, 5.74) is 0. The van der Waals surface area contributed by atoms with E-state index in [4.69, 9.17) is 9.84 Å². The van der Waals surface area contributed by atoms with Crippen LogP contribution >= 0.6 is 0 Å². The zero-order chi connectivity index (χ0) is 11.7. The van der Waals surface area contributed by atoms with Gasteiger partial charge in [0.25, 0.3) is 10.1 Å². The van der Waals surface area contributed by atoms with E-state index >= 15 is 0 Å². The van der Waals surface area contributed by atoms with E-state index in [1.165, 1.54) is 0 Å². The third-order valence-electron chi connectivity index (χ3n) is 1.46. The van der Waals surface area contributed by atoms with E-state index in [9.17, 15) is 13.2 Å². The summed E-state index contributed by atoms with van der Waals surface area (Å²) < 4.78 is 30.4. The van der Waals surface area contributed by atoms with Crippen LogP contribution < -0.4 is 0 Å². The molecule has 0 spiro atoms. The standard InChI is InChI=1S/C8H16O6S/c1-15(11,12)14-6-4-2-3-5-13-7-8(9)10/h2-7H2,1H3,(H,9,10). The Bertz CT molecular complexity index is 271. The van der Waals surface area contributed by atoms with Crippen molar-refractivity contribution < 1.29 is 27.2 Å². The number of ether oxygens (including phenoxy) is 1. The summed E-state index contributed by atoms with van der Waals surface area (Å²) in [5, 5.41) is 8.23. The fraction of sp³-hybridized carbons (Fsp3) is 0.875. The molecule has 0 fully saturated rings. The Balaban J connectivity index is 3.16. The van der Waals surface area contributed by atoms with Crippen LogP contribution in [-0.4, -0.2) is 45.6 Å². The lowest BCUT2D eigenvalue weighted by molar-refractivity contribution is -0.142. The molecule has 0 aliphatic heterocycles. The zero-order valence-electron chi connectivity index (χ0n) is 8.64. The van der Waals surface area contributed by atoms with E-state index in [1.807, 2.05) is 0 Å². The minimum absolute atomic E-state index is 0.164. The normalized spacial score (nSPS) is 11.5. The highest BCUT2D eigenvalue weighted by molar-refractivity contribution is 7.85. The molecule has 1 N–H and O–H groups in total. The second-order valence-corrected chi connectivity index (χ2v) is 4.68. The van der Waals surface area contributed by atoms with Gasteiger partial charge in [-0.3, -0.25) is 4.18 Å². The summed E-state index contributed by atoms with van der Waals surface area (Å²) in [5.74, 6) is -0.990. The topological polar surface area (TPSA) is 89.9 Å². The SMILES string of the molecule is CS(=O)(=O)OCCCCCOCC(=O)O. The molecule has 0 aliphatic carbocycles. The molecule has 0 saturated heterocycles. The second-order valence-electron chi connectivity index (χ2n) is 3.03. The van der Waals surface area contributed by atoms with Crippen LogP contribution in [0.3, 0.4) is 0 Å². The van der Waals surface area contributed by atoms with Crippen molar-refractivity contribution in [2.75, 3.05) is 26.1 Å². The highest BCUT2D eigenvalue weighted by Gasteiger charge is 2.00. The van der Waals surface area contributed by atoms with Crippen molar-refractivity contribution in [1.82, 2.24) is 0 Å². The minimum Gasteiger partial charge on any atom is -0.480 e. The molecule has 0 amide bonds. The summed E-state index contributed by atoms with van der Waals surface area (Å²) in [4.78, 5) is 10.0. The molecule has 0 unspecified atom stereocenters. The van der Waals surface area contributed by atoms with Gasteiger partial charge in [-0.15, -0.1) is 0 Å². The molecule has 0 atom stereocenters. The number of carboxylic acid groups (broad SMARTS) is 1. The molecular weight excluding hydrogens is 224 g/mol.